The number of rotatable bonds is 9. The number of hydrogen-bond donors (Lipinski definition) is 0. The number of carbonyl (C=O) groups excluding carboxylic acids is 1. The average Bonchev–Trinajstić information content (AvgIpc) is 4.09. The summed E-state index contributed by atoms with van der Waals surface area (Å²) in [5, 5.41) is 9.95. The largest absolute Gasteiger partial charge is 0.496 e. The number of aromatic nitrogens is 1. The molecule has 3 fully saturated rings. The molecule has 2 aliphatic heterocycles. The van der Waals surface area contributed by atoms with Crippen molar-refractivity contribution >= 4 is 5.91 Å². The number of pyridine rings is 1. The van der Waals surface area contributed by atoms with Crippen LogP contribution in [0.1, 0.15) is 85.9 Å². The van der Waals surface area contributed by atoms with Crippen molar-refractivity contribution in [3.05, 3.63) is 91.9 Å². The average molecular weight is 718 g/mol. The summed E-state index contributed by atoms with van der Waals surface area (Å²) in [4.78, 5) is 33.7. The quantitative estimate of drug-likeness (QED) is 0.176. The topological polar surface area (TPSA) is 91.0 Å². The molecule has 1 aromatic heterocycles. The summed E-state index contributed by atoms with van der Waals surface area (Å²) < 4.78 is 13.6. The summed E-state index contributed by atoms with van der Waals surface area (Å²) in [5.41, 5.74) is 8.97. The number of allylic oxidation sites excluding steroid dienone is 1. The number of aryl methyl sites for hydroxylation is 1. The molecule has 9 heteroatoms. The first-order chi connectivity index (χ1) is 25.3. The zero-order chi connectivity index (χ0) is 37.8. The number of amides is 1. The minimum atomic E-state index is -0.244. The monoisotopic (exact) mass is 717 g/mol. The Labute approximate surface area is 314 Å². The molecule has 1 unspecified atom stereocenters. The number of nitrogens with zero attached hydrogens (tertiary/aromatic N) is 5. The number of ether oxygens (including phenoxy) is 2. The van der Waals surface area contributed by atoms with Crippen LogP contribution in [0.3, 0.4) is 0 Å². The lowest BCUT2D eigenvalue weighted by Gasteiger charge is -2.43. The summed E-state index contributed by atoms with van der Waals surface area (Å²) in [7, 11) is 5.23. The van der Waals surface area contributed by atoms with Crippen molar-refractivity contribution in [1.29, 1.82) is 5.26 Å². The van der Waals surface area contributed by atoms with Gasteiger partial charge in [0, 0.05) is 69.2 Å². The molecule has 1 amide bonds. The van der Waals surface area contributed by atoms with E-state index in [-0.39, 0.29) is 34.0 Å². The lowest BCUT2D eigenvalue weighted by Crippen LogP contribution is -2.54. The maximum absolute atomic E-state index is 13.8. The van der Waals surface area contributed by atoms with Gasteiger partial charge in [-0.15, -0.1) is 0 Å². The standard InChI is InChI=1S/C44H55N5O4/c1-28-29(2)41(50)46(6)25-36(28)32-20-38(52-7)37(39(21-32)53-8)26-47-18-19-48(44(27-47)15-16-44)24-31-10-9-11-35-34(31)14-17-49(40(35)30-12-13-30)42(51)33(23-45)22-43(3,4)5/h9-11,20-22,25,30,40H,12-19,24,26-27H2,1-8H3/b33-22-. The zero-order valence-corrected chi connectivity index (χ0v) is 32.8. The van der Waals surface area contributed by atoms with Gasteiger partial charge in [0.2, 0.25) is 0 Å². The smallest absolute Gasteiger partial charge is 0.264 e. The van der Waals surface area contributed by atoms with E-state index in [0.717, 1.165) is 91.3 Å². The second-order valence-electron chi connectivity index (χ2n) is 17.0. The van der Waals surface area contributed by atoms with Crippen LogP contribution in [0.2, 0.25) is 0 Å². The van der Waals surface area contributed by atoms with E-state index in [1.54, 1.807) is 25.8 Å². The second-order valence-corrected chi connectivity index (χ2v) is 17.0. The first-order valence-corrected chi connectivity index (χ1v) is 19.2. The van der Waals surface area contributed by atoms with Gasteiger partial charge in [0.25, 0.3) is 11.5 Å². The van der Waals surface area contributed by atoms with E-state index in [1.165, 1.54) is 29.5 Å². The predicted octanol–water partition coefficient (Wildman–Crippen LogP) is 6.87. The number of nitriles is 1. The van der Waals surface area contributed by atoms with Gasteiger partial charge in [0.15, 0.2) is 0 Å². The number of carbonyl (C=O) groups is 1. The molecule has 1 saturated heterocycles. The second kappa shape index (κ2) is 14.1. The number of methoxy groups -OCH3 is 2. The summed E-state index contributed by atoms with van der Waals surface area (Å²) >= 11 is 0. The molecule has 2 aliphatic carbocycles. The van der Waals surface area contributed by atoms with Crippen molar-refractivity contribution in [3.63, 3.8) is 0 Å². The van der Waals surface area contributed by atoms with Crippen molar-refractivity contribution < 1.29 is 14.3 Å². The van der Waals surface area contributed by atoms with Crippen LogP contribution in [-0.4, -0.2) is 71.1 Å². The highest BCUT2D eigenvalue weighted by atomic mass is 16.5. The highest BCUT2D eigenvalue weighted by molar-refractivity contribution is 5.97. The maximum atomic E-state index is 13.8. The Morgan fingerprint density at radius 1 is 1.02 bits per heavy atom. The molecule has 3 aromatic rings. The van der Waals surface area contributed by atoms with Crippen LogP contribution in [0.5, 0.6) is 11.5 Å². The molecule has 1 spiro atoms. The molecular formula is C44H55N5O4. The highest BCUT2D eigenvalue weighted by Gasteiger charge is 2.51. The van der Waals surface area contributed by atoms with Crippen LogP contribution < -0.4 is 15.0 Å². The molecule has 0 N–H and O–H groups in total. The third-order valence-corrected chi connectivity index (χ3v) is 12.1. The van der Waals surface area contributed by atoms with Crippen LogP contribution in [0.15, 0.2) is 53.0 Å². The van der Waals surface area contributed by atoms with E-state index in [2.05, 4.69) is 46.2 Å². The zero-order valence-electron chi connectivity index (χ0n) is 32.8. The first kappa shape index (κ1) is 36.9. The fourth-order valence-electron chi connectivity index (χ4n) is 8.89. The lowest BCUT2D eigenvalue weighted by molar-refractivity contribution is -0.130. The van der Waals surface area contributed by atoms with Gasteiger partial charge in [-0.25, -0.2) is 0 Å². The molecular weight excluding hydrogens is 663 g/mol. The fraction of sp³-hybridized carbons (Fsp3) is 0.523. The minimum Gasteiger partial charge on any atom is -0.496 e. The van der Waals surface area contributed by atoms with Crippen LogP contribution >= 0.6 is 0 Å². The molecule has 4 aliphatic rings. The van der Waals surface area contributed by atoms with Gasteiger partial charge >= 0.3 is 0 Å². The fourth-order valence-corrected chi connectivity index (χ4v) is 8.89. The van der Waals surface area contributed by atoms with Crippen molar-refractivity contribution in [2.75, 3.05) is 40.4 Å². The molecule has 0 radical (unpaired) electrons. The SMILES string of the molecule is COc1cc(-c2cn(C)c(=O)c(C)c2C)cc(OC)c1CN1CCN(Cc2cccc3c2CCN(C(=O)/C(C#N)=C\C(C)(C)C)C3C2CC2)C2(CC2)C1. The highest BCUT2D eigenvalue weighted by Crippen LogP contribution is 2.50. The summed E-state index contributed by atoms with van der Waals surface area (Å²) in [6, 6.07) is 13.1. The summed E-state index contributed by atoms with van der Waals surface area (Å²) in [6.45, 7) is 15.2. The molecule has 2 saturated carbocycles. The third-order valence-electron chi connectivity index (χ3n) is 12.1. The van der Waals surface area contributed by atoms with E-state index in [1.807, 2.05) is 51.8 Å². The van der Waals surface area contributed by atoms with Gasteiger partial charge in [0.1, 0.15) is 23.1 Å². The van der Waals surface area contributed by atoms with E-state index in [9.17, 15) is 14.9 Å². The van der Waals surface area contributed by atoms with Crippen LogP contribution in [0.25, 0.3) is 11.1 Å². The number of fused-ring (bicyclic) bond motifs is 1. The minimum absolute atomic E-state index is 0.0162. The summed E-state index contributed by atoms with van der Waals surface area (Å²) in [5.74, 6) is 1.92. The molecule has 9 nitrogen and oxygen atoms in total. The van der Waals surface area contributed by atoms with E-state index < -0.39 is 0 Å². The van der Waals surface area contributed by atoms with Gasteiger partial charge in [0.05, 0.1) is 25.8 Å². The van der Waals surface area contributed by atoms with Crippen molar-refractivity contribution in [2.24, 2.45) is 18.4 Å². The number of benzene rings is 2. The Kier molecular flexibility index (Phi) is 9.84. The van der Waals surface area contributed by atoms with Gasteiger partial charge < -0.3 is 18.9 Å². The molecule has 7 rings (SSSR count). The predicted molar refractivity (Wildman–Crippen MR) is 208 cm³/mol. The maximum Gasteiger partial charge on any atom is 0.264 e. The molecule has 0 bridgehead atoms. The van der Waals surface area contributed by atoms with Gasteiger partial charge in [-0.1, -0.05) is 45.0 Å². The number of piperazine rings is 1. The Balaban J connectivity index is 1.09. The van der Waals surface area contributed by atoms with Gasteiger partial charge in [-0.2, -0.15) is 5.26 Å². The Bertz CT molecular complexity index is 2030. The Morgan fingerprint density at radius 3 is 2.32 bits per heavy atom. The van der Waals surface area contributed by atoms with Crippen molar-refractivity contribution in [1.82, 2.24) is 19.3 Å². The van der Waals surface area contributed by atoms with Crippen molar-refractivity contribution in [3.8, 4) is 28.7 Å². The molecule has 2 aromatic carbocycles. The first-order valence-electron chi connectivity index (χ1n) is 19.2. The molecule has 1 atom stereocenters. The molecule has 280 valence electrons. The van der Waals surface area contributed by atoms with Gasteiger partial charge in [-0.05, 0) is 97.2 Å². The van der Waals surface area contributed by atoms with Crippen LogP contribution in [0, 0.1) is 36.5 Å². The van der Waals surface area contributed by atoms with E-state index in [4.69, 9.17) is 9.47 Å². The van der Waals surface area contributed by atoms with E-state index in [0.29, 0.717) is 12.5 Å². The Hall–Kier alpha value is -4.39. The third kappa shape index (κ3) is 7.16. The molecule has 3 heterocycles. The van der Waals surface area contributed by atoms with Crippen molar-refractivity contribution in [2.45, 2.75) is 91.4 Å². The summed E-state index contributed by atoms with van der Waals surface area (Å²) in [6.07, 6.45) is 9.16. The van der Waals surface area contributed by atoms with Gasteiger partial charge in [-0.3, -0.25) is 19.4 Å². The van der Waals surface area contributed by atoms with E-state index >= 15 is 0 Å². The Morgan fingerprint density at radius 2 is 1.72 bits per heavy atom. The van der Waals surface area contributed by atoms with Crippen LogP contribution in [0.4, 0.5) is 0 Å². The number of hydrogen-bond acceptors (Lipinski definition) is 7. The van der Waals surface area contributed by atoms with Crippen LogP contribution in [-0.2, 0) is 31.4 Å². The normalized spacial score (nSPS) is 20.2. The lowest BCUT2D eigenvalue weighted by atomic mass is 9.85. The molecule has 53 heavy (non-hydrogen) atoms.